The number of hydrogen-bond donors (Lipinski definition) is 10. The van der Waals surface area contributed by atoms with E-state index in [1.54, 1.807) is 144 Å². The summed E-state index contributed by atoms with van der Waals surface area (Å²) in [4.78, 5) is 161. The van der Waals surface area contributed by atoms with E-state index in [1.807, 2.05) is 32.9 Å². The summed E-state index contributed by atoms with van der Waals surface area (Å²) in [5.41, 5.74) is 8.91. The summed E-state index contributed by atoms with van der Waals surface area (Å²) in [7, 11) is 0. The molecule has 147 heavy (non-hydrogen) atoms. The topological polar surface area (TPSA) is 551 Å². The molecule has 10 aromatic heterocycles. The van der Waals surface area contributed by atoms with Crippen LogP contribution in [0.3, 0.4) is 0 Å². The highest BCUT2D eigenvalue weighted by Gasteiger charge is 2.52. The van der Waals surface area contributed by atoms with Crippen molar-refractivity contribution in [3.05, 3.63) is 289 Å². The fraction of sp³-hybridized carbons (Fsp3) is 0.312. The number of carbonyl (C=O) groups excluding carboxylic acids is 5. The minimum atomic E-state index is -1.92. The molecule has 0 aliphatic carbocycles. The number of hydrogen-bond acceptors (Lipinski definition) is 32. The number of esters is 5. The molecule has 25 rings (SSSR count). The number of benzene rings is 5. The van der Waals surface area contributed by atoms with Crippen LogP contribution >= 0.6 is 0 Å². The second-order valence-corrected chi connectivity index (χ2v) is 38.1. The lowest BCUT2D eigenvalue weighted by atomic mass is 9.86. The smallest absolute Gasteiger partial charge is 0.343 e. The Morgan fingerprint density at radius 2 is 0.626 bits per heavy atom. The van der Waals surface area contributed by atoms with Gasteiger partial charge in [0.25, 0.3) is 27.8 Å². The normalized spacial score (nSPS) is 19.5. The van der Waals surface area contributed by atoms with Crippen molar-refractivity contribution in [3.8, 4) is 85.7 Å². The van der Waals surface area contributed by atoms with E-state index in [0.29, 0.717) is 152 Å². The molecular weight excluding hydrogens is 1900 g/mol. The van der Waals surface area contributed by atoms with Gasteiger partial charge < -0.3 is 97.6 Å². The number of nitro benzene ring substituents is 1. The van der Waals surface area contributed by atoms with Crippen molar-refractivity contribution in [1.29, 1.82) is 0 Å². The van der Waals surface area contributed by atoms with E-state index in [4.69, 9.17) is 38.6 Å². The number of phenols is 5. The van der Waals surface area contributed by atoms with Gasteiger partial charge in [-0.2, -0.15) is 0 Å². The first-order valence-electron chi connectivity index (χ1n) is 48.5. The highest BCUT2D eigenvalue weighted by molar-refractivity contribution is 5.97. The fourth-order valence-electron chi connectivity index (χ4n) is 22.4. The van der Waals surface area contributed by atoms with Gasteiger partial charge in [0.2, 0.25) is 0 Å². The second kappa shape index (κ2) is 35.2. The van der Waals surface area contributed by atoms with Gasteiger partial charge in [-0.3, -0.25) is 34.1 Å². The maximum absolute atomic E-state index is 13.3. The summed E-state index contributed by atoms with van der Waals surface area (Å²) in [6, 6.07) is 33.2. The van der Waals surface area contributed by atoms with Crippen molar-refractivity contribution in [1.82, 2.24) is 47.8 Å². The van der Waals surface area contributed by atoms with Crippen molar-refractivity contribution < 1.29 is 104 Å². The molecule has 10 aliphatic heterocycles. The zero-order valence-corrected chi connectivity index (χ0v) is 81.0. The van der Waals surface area contributed by atoms with Crippen molar-refractivity contribution in [2.75, 3.05) is 0 Å². The molecule has 750 valence electrons. The van der Waals surface area contributed by atoms with E-state index >= 15 is 0 Å². The van der Waals surface area contributed by atoms with Gasteiger partial charge in [-0.05, 0) is 201 Å². The number of pyridine rings is 10. The van der Waals surface area contributed by atoms with Crippen LogP contribution in [0.15, 0.2) is 145 Å². The third-order valence-corrected chi connectivity index (χ3v) is 30.5. The summed E-state index contributed by atoms with van der Waals surface area (Å²) < 4.78 is 33.4. The van der Waals surface area contributed by atoms with Gasteiger partial charge >= 0.3 is 35.5 Å². The number of fused-ring (bicyclic) bond motifs is 25. The molecule has 0 spiro atoms. The first kappa shape index (κ1) is 96.6. The van der Waals surface area contributed by atoms with E-state index in [1.165, 1.54) is 22.8 Å². The third kappa shape index (κ3) is 14.5. The average molecular weight is 1990 g/mol. The molecule has 38 heteroatoms. The van der Waals surface area contributed by atoms with Gasteiger partial charge in [0.1, 0.15) is 56.0 Å². The van der Waals surface area contributed by atoms with E-state index in [2.05, 4.69) is 16.9 Å². The van der Waals surface area contributed by atoms with Crippen LogP contribution in [0.5, 0.6) is 28.7 Å². The highest BCUT2D eigenvalue weighted by Crippen LogP contribution is 2.50. The Labute approximate surface area is 832 Å². The van der Waals surface area contributed by atoms with Crippen LogP contribution in [-0.4, -0.2) is 134 Å². The molecule has 0 fully saturated rings. The van der Waals surface area contributed by atoms with Gasteiger partial charge in [0.15, 0.2) is 33.8 Å². The molecule has 20 heterocycles. The monoisotopic (exact) mass is 1990 g/mol. The third-order valence-electron chi connectivity index (χ3n) is 30.5. The Hall–Kier alpha value is -16.6. The number of carbonyl (C=O) groups is 5. The number of aryl methyl sites for hydroxylation is 4. The SMILES string of the molecule is CCCc1c2c(nc3ccc(O)cc13)-c1cc3c(c(=O)n1C2)COC(=O)[C@]3(O)CC.CC[C@@]1(O)C(=O)OCc2c1cc1n(c2=O)Cc2cc3c([N+](=O)[O-])c(O)ccc3nc2-1.CC[C@@]1(O)C(=O)OCc2c1cc1n(c2=O)Cc2cc3cc(O)ccc3nc2-1.CCc1c2c(nc3ccc(O)cc13)-c1cc3c(c(=O)n1C2)COC(=O)[C@]3(O)CC.CCc1cc2nc3c(c(CC)c2cc1O)Cn1c-3cc2c(c1=O)COC(=O)[C@]2(O)CC. The van der Waals surface area contributed by atoms with Gasteiger partial charge in [0.05, 0.1) is 155 Å². The van der Waals surface area contributed by atoms with Crippen LogP contribution < -0.4 is 27.8 Å². The average Bonchev–Trinajstić information content (AvgIpc) is 1.64. The van der Waals surface area contributed by atoms with Crippen LogP contribution in [0.25, 0.3) is 111 Å². The van der Waals surface area contributed by atoms with Crippen molar-refractivity contribution >= 4 is 90.0 Å². The number of phenolic OH excluding ortho intramolecular Hbond substituents is 5. The molecule has 5 aromatic carbocycles. The Morgan fingerprint density at radius 3 is 0.986 bits per heavy atom. The van der Waals surface area contributed by atoms with Crippen LogP contribution in [0, 0.1) is 10.1 Å². The Balaban J connectivity index is 0.000000108. The predicted octanol–water partition coefficient (Wildman–Crippen LogP) is 11.5. The lowest BCUT2D eigenvalue weighted by molar-refractivity contribution is -0.384. The lowest BCUT2D eigenvalue weighted by Crippen LogP contribution is -2.44. The predicted molar refractivity (Wildman–Crippen MR) is 530 cm³/mol. The molecule has 0 amide bonds. The largest absolute Gasteiger partial charge is 0.508 e. The zero-order chi connectivity index (χ0) is 104. The molecule has 0 saturated carbocycles. The Kier molecular flexibility index (Phi) is 23.1. The molecule has 0 radical (unpaired) electrons. The van der Waals surface area contributed by atoms with E-state index in [0.717, 1.165) is 102 Å². The van der Waals surface area contributed by atoms with Gasteiger partial charge in [0, 0.05) is 77.2 Å². The minimum absolute atomic E-state index is 0.0329. The number of aliphatic hydroxyl groups is 5. The molecule has 38 nitrogen and oxygen atoms in total. The zero-order valence-electron chi connectivity index (χ0n) is 81.0. The second-order valence-electron chi connectivity index (χ2n) is 38.1. The number of nitro groups is 1. The number of ether oxygens (including phenoxy) is 5. The van der Waals surface area contributed by atoms with Crippen LogP contribution in [-0.2, 0) is 167 Å². The van der Waals surface area contributed by atoms with Crippen molar-refractivity contribution in [2.24, 2.45) is 0 Å². The minimum Gasteiger partial charge on any atom is -0.508 e. The number of nitrogens with zero attached hydrogens (tertiary/aromatic N) is 11. The lowest BCUT2D eigenvalue weighted by Gasteiger charge is -2.31. The summed E-state index contributed by atoms with van der Waals surface area (Å²) >= 11 is 0. The van der Waals surface area contributed by atoms with Crippen molar-refractivity contribution in [3.63, 3.8) is 0 Å². The summed E-state index contributed by atoms with van der Waals surface area (Å²) in [6.45, 7) is 17.2. The molecule has 0 unspecified atom stereocenters. The van der Waals surface area contributed by atoms with Crippen LogP contribution in [0.2, 0.25) is 0 Å². The molecule has 0 saturated heterocycles. The van der Waals surface area contributed by atoms with Crippen LogP contribution in [0.1, 0.15) is 207 Å². The number of aromatic hydroxyl groups is 5. The fourth-order valence-corrected chi connectivity index (χ4v) is 22.4. The van der Waals surface area contributed by atoms with Gasteiger partial charge in [-0.1, -0.05) is 68.7 Å². The van der Waals surface area contributed by atoms with Crippen LogP contribution in [0.4, 0.5) is 5.69 Å². The van der Waals surface area contributed by atoms with E-state index in [9.17, 15) is 109 Å². The molecule has 10 N–H and O–H groups in total. The van der Waals surface area contributed by atoms with E-state index in [-0.39, 0.29) is 139 Å². The first-order chi connectivity index (χ1) is 70.3. The quantitative estimate of drug-likeness (QED) is 0.0249. The standard InChI is InChI=1S/C24H24N2O5.C23H22N2O5.C22H20N2O5.C20H15N3O7.C20H16N2O5/c1-4-12-7-18-14(8-20(12)27)13(5-2)15-10-26-19(21(15)25-18)9-17-16(22(26)28)11-31-23(29)24(17,30)6-3;1-3-5-13-14-8-12(26)6-7-18(14)24-20-15(13)10-25-19(20)9-17-16(21(25)27)11-30-22(28)23(17,29)4-2;1-3-12-13-7-11(25)5-6-17(13)23-19-14(12)9-24-18(19)8-16-15(20(24)26)10-29-21(27)22(16,28)4-2;1-2-20(27)12-6-14-16-9(7-22(14)18(25)11(12)8-30-19(20)26)5-10-13(21-16)3-4-15(24)17(10)23(28)29;1-2-20(26)14-7-16-17-11(5-10-6-12(23)3-4-15(10)21-17)8-22(16)18(24)13(14)9-27-19(20)25/h7-9,27,30H,4-6,10-11H2,1-3H3;6-9,26,29H,3-5,10-11H2,1-2H3;5-8,25,28H,3-4,9-10H2,1-2H3;3-6,24,27H,2,7-8H2,1H3;3-7,23,26H,2,8-9H2,1H3/t24-;23-;22-;2*20-/m00000/s1. The van der Waals surface area contributed by atoms with Crippen molar-refractivity contribution in [2.45, 2.75) is 220 Å². The summed E-state index contributed by atoms with van der Waals surface area (Å²) in [5, 5.41) is 119. The highest BCUT2D eigenvalue weighted by atomic mass is 16.6. The Morgan fingerprint density at radius 1 is 0.320 bits per heavy atom. The molecule has 15 aromatic rings. The molecular formula is C109H97N11O27. The molecule has 10 aliphatic rings. The molecule has 5 atom stereocenters. The number of aromatic nitrogens is 10. The Bertz CT molecular complexity index is 8820. The maximum atomic E-state index is 13.3. The number of cyclic esters (lactones) is 5. The first-order valence-corrected chi connectivity index (χ1v) is 48.5. The van der Waals surface area contributed by atoms with E-state index < -0.39 is 79.8 Å². The van der Waals surface area contributed by atoms with Gasteiger partial charge in [-0.25, -0.2) is 48.9 Å². The number of rotatable bonds is 11. The molecule has 0 bridgehead atoms. The summed E-state index contributed by atoms with van der Waals surface area (Å²) in [6.07, 6.45) is 4.28. The summed E-state index contributed by atoms with van der Waals surface area (Å²) in [5.74, 6) is -3.46. The van der Waals surface area contributed by atoms with Gasteiger partial charge in [-0.15, -0.1) is 0 Å². The maximum Gasteiger partial charge on any atom is 0.343 e.